The molecule has 0 spiro atoms. The van der Waals surface area contributed by atoms with E-state index in [9.17, 15) is 0 Å². The van der Waals surface area contributed by atoms with Gasteiger partial charge in [-0.2, -0.15) is 0 Å². The monoisotopic (exact) mass is 465 g/mol. The molecule has 0 saturated heterocycles. The molecule has 0 bridgehead atoms. The first-order valence-corrected chi connectivity index (χ1v) is 8.50. The maximum Gasteiger partial charge on any atom is 0.147 e. The largest absolute Gasteiger partial charge is 0.490 e. The summed E-state index contributed by atoms with van der Waals surface area (Å²) in [6, 6.07) is 7.93. The van der Waals surface area contributed by atoms with Crippen molar-refractivity contribution in [1.29, 1.82) is 0 Å². The van der Waals surface area contributed by atoms with Gasteiger partial charge in [0.1, 0.15) is 18.1 Å². The standard InChI is InChI=1S/C14H14Br3NO2/c1-9(13-3-2-5-19-13)18-4-6-20-14-11(16)7-10(15)8-12(14)17/h2-3,5,7-9,18H,4,6H2,1H3. The predicted octanol–water partition coefficient (Wildman–Crippen LogP) is 5.30. The van der Waals surface area contributed by atoms with Crippen LogP contribution in [0.1, 0.15) is 18.7 Å². The molecule has 3 nitrogen and oxygen atoms in total. The predicted molar refractivity (Wildman–Crippen MR) is 90.2 cm³/mol. The van der Waals surface area contributed by atoms with Gasteiger partial charge in [0.2, 0.25) is 0 Å². The molecular weight excluding hydrogens is 454 g/mol. The van der Waals surface area contributed by atoms with E-state index in [2.05, 4.69) is 60.0 Å². The zero-order valence-corrected chi connectivity index (χ0v) is 15.6. The van der Waals surface area contributed by atoms with Crippen LogP contribution in [0.25, 0.3) is 0 Å². The number of benzene rings is 1. The smallest absolute Gasteiger partial charge is 0.147 e. The van der Waals surface area contributed by atoms with Gasteiger partial charge in [-0.05, 0) is 63.0 Å². The third-order valence-electron chi connectivity index (χ3n) is 2.73. The number of rotatable bonds is 6. The van der Waals surface area contributed by atoms with Crippen LogP contribution < -0.4 is 10.1 Å². The molecule has 1 heterocycles. The Labute approximate surface area is 143 Å². The van der Waals surface area contributed by atoms with Gasteiger partial charge in [-0.3, -0.25) is 0 Å². The van der Waals surface area contributed by atoms with Crippen molar-refractivity contribution in [3.63, 3.8) is 0 Å². The van der Waals surface area contributed by atoms with Crippen LogP contribution in [0.5, 0.6) is 5.75 Å². The molecule has 1 unspecified atom stereocenters. The van der Waals surface area contributed by atoms with E-state index in [4.69, 9.17) is 9.15 Å². The van der Waals surface area contributed by atoms with Crippen molar-refractivity contribution in [2.24, 2.45) is 0 Å². The normalized spacial score (nSPS) is 12.4. The fourth-order valence-electron chi connectivity index (χ4n) is 1.73. The van der Waals surface area contributed by atoms with Gasteiger partial charge in [-0.15, -0.1) is 0 Å². The van der Waals surface area contributed by atoms with Crippen LogP contribution in [0.15, 0.2) is 48.4 Å². The Hall–Kier alpha value is -0.300. The van der Waals surface area contributed by atoms with Crippen molar-refractivity contribution in [3.8, 4) is 5.75 Å². The third-order valence-corrected chi connectivity index (χ3v) is 4.37. The van der Waals surface area contributed by atoms with Crippen molar-refractivity contribution >= 4 is 47.8 Å². The minimum atomic E-state index is 0.172. The van der Waals surface area contributed by atoms with Crippen molar-refractivity contribution in [2.45, 2.75) is 13.0 Å². The lowest BCUT2D eigenvalue weighted by Crippen LogP contribution is -2.24. The van der Waals surface area contributed by atoms with Crippen molar-refractivity contribution in [3.05, 3.63) is 49.7 Å². The van der Waals surface area contributed by atoms with Crippen LogP contribution in [0, 0.1) is 0 Å². The average Bonchev–Trinajstić information content (AvgIpc) is 2.90. The van der Waals surface area contributed by atoms with E-state index < -0.39 is 0 Å². The molecule has 108 valence electrons. The maximum atomic E-state index is 5.78. The van der Waals surface area contributed by atoms with Crippen LogP contribution in [-0.2, 0) is 0 Å². The van der Waals surface area contributed by atoms with Crippen LogP contribution >= 0.6 is 47.8 Å². The maximum absolute atomic E-state index is 5.78. The number of ether oxygens (including phenoxy) is 1. The SMILES string of the molecule is CC(NCCOc1c(Br)cc(Br)cc1Br)c1ccco1. The van der Waals surface area contributed by atoms with Crippen LogP contribution in [-0.4, -0.2) is 13.2 Å². The van der Waals surface area contributed by atoms with E-state index in [0.29, 0.717) is 6.61 Å². The zero-order chi connectivity index (χ0) is 14.5. The van der Waals surface area contributed by atoms with E-state index in [-0.39, 0.29) is 6.04 Å². The average molecular weight is 468 g/mol. The van der Waals surface area contributed by atoms with Crippen molar-refractivity contribution in [1.82, 2.24) is 5.32 Å². The molecule has 1 atom stereocenters. The fourth-order valence-corrected chi connectivity index (χ4v) is 4.22. The Morgan fingerprint density at radius 3 is 2.55 bits per heavy atom. The highest BCUT2D eigenvalue weighted by molar-refractivity contribution is 9.11. The Bertz CT molecular complexity index is 535. The summed E-state index contributed by atoms with van der Waals surface area (Å²) in [7, 11) is 0. The minimum absolute atomic E-state index is 0.172. The molecule has 1 aromatic heterocycles. The Balaban J connectivity index is 1.82. The lowest BCUT2D eigenvalue weighted by Gasteiger charge is -2.14. The molecule has 1 aromatic carbocycles. The van der Waals surface area contributed by atoms with Gasteiger partial charge in [0, 0.05) is 11.0 Å². The second kappa shape index (κ2) is 7.64. The molecule has 0 saturated carbocycles. The van der Waals surface area contributed by atoms with E-state index >= 15 is 0 Å². The first kappa shape index (κ1) is 16.1. The van der Waals surface area contributed by atoms with Gasteiger partial charge in [0.15, 0.2) is 0 Å². The van der Waals surface area contributed by atoms with Gasteiger partial charge in [0.25, 0.3) is 0 Å². The summed E-state index contributed by atoms with van der Waals surface area (Å²) in [4.78, 5) is 0. The van der Waals surface area contributed by atoms with Gasteiger partial charge >= 0.3 is 0 Å². The molecule has 0 fully saturated rings. The Morgan fingerprint density at radius 2 is 1.95 bits per heavy atom. The molecule has 0 aliphatic carbocycles. The number of halogens is 3. The zero-order valence-electron chi connectivity index (χ0n) is 10.8. The molecule has 0 amide bonds. The first-order chi connectivity index (χ1) is 9.58. The molecular formula is C14H14Br3NO2. The first-order valence-electron chi connectivity index (χ1n) is 6.12. The number of hydrogen-bond donors (Lipinski definition) is 1. The second-order valence-electron chi connectivity index (χ2n) is 4.24. The highest BCUT2D eigenvalue weighted by atomic mass is 79.9. The van der Waals surface area contributed by atoms with E-state index in [1.807, 2.05) is 24.3 Å². The summed E-state index contributed by atoms with van der Waals surface area (Å²) in [5.74, 6) is 1.73. The lowest BCUT2D eigenvalue weighted by molar-refractivity contribution is 0.298. The van der Waals surface area contributed by atoms with Gasteiger partial charge in [-0.1, -0.05) is 15.9 Å². The summed E-state index contributed by atoms with van der Waals surface area (Å²) >= 11 is 10.4. The molecule has 20 heavy (non-hydrogen) atoms. The number of furan rings is 1. The van der Waals surface area contributed by atoms with Crippen molar-refractivity contribution in [2.75, 3.05) is 13.2 Å². The van der Waals surface area contributed by atoms with Gasteiger partial charge in [0.05, 0.1) is 21.3 Å². The van der Waals surface area contributed by atoms with E-state index in [1.165, 1.54) is 0 Å². The molecule has 2 rings (SSSR count). The molecule has 2 aromatic rings. The number of hydrogen-bond acceptors (Lipinski definition) is 3. The summed E-state index contributed by atoms with van der Waals surface area (Å²) in [5.41, 5.74) is 0. The second-order valence-corrected chi connectivity index (χ2v) is 6.86. The van der Waals surface area contributed by atoms with Gasteiger partial charge < -0.3 is 14.5 Å². The molecule has 6 heteroatoms. The third kappa shape index (κ3) is 4.35. The highest BCUT2D eigenvalue weighted by Gasteiger charge is 2.09. The van der Waals surface area contributed by atoms with Crippen molar-refractivity contribution < 1.29 is 9.15 Å². The van der Waals surface area contributed by atoms with Crippen LogP contribution in [0.4, 0.5) is 0 Å². The minimum Gasteiger partial charge on any atom is -0.490 e. The van der Waals surface area contributed by atoms with E-state index in [1.54, 1.807) is 6.26 Å². The fraction of sp³-hybridized carbons (Fsp3) is 0.286. The lowest BCUT2D eigenvalue weighted by atomic mass is 10.2. The Morgan fingerprint density at radius 1 is 1.25 bits per heavy atom. The summed E-state index contributed by atoms with van der Waals surface area (Å²) < 4.78 is 13.9. The molecule has 1 N–H and O–H groups in total. The summed E-state index contributed by atoms with van der Waals surface area (Å²) in [6.07, 6.45) is 1.68. The van der Waals surface area contributed by atoms with E-state index in [0.717, 1.165) is 31.5 Å². The Kier molecular flexibility index (Phi) is 6.14. The molecule has 0 aliphatic heterocycles. The van der Waals surface area contributed by atoms with Crippen LogP contribution in [0.2, 0.25) is 0 Å². The molecule has 0 radical (unpaired) electrons. The summed E-state index contributed by atoms with van der Waals surface area (Å²) in [6.45, 7) is 3.37. The quantitative estimate of drug-likeness (QED) is 0.586. The van der Waals surface area contributed by atoms with Crippen LogP contribution in [0.3, 0.4) is 0 Å². The summed E-state index contributed by atoms with van der Waals surface area (Å²) in [5, 5.41) is 3.35. The highest BCUT2D eigenvalue weighted by Crippen LogP contribution is 2.36. The molecule has 0 aliphatic rings. The number of nitrogens with one attached hydrogen (secondary N) is 1. The topological polar surface area (TPSA) is 34.4 Å². The van der Waals surface area contributed by atoms with Gasteiger partial charge in [-0.25, -0.2) is 0 Å².